The molecule has 12 rings (SSSR count). The van der Waals surface area contributed by atoms with E-state index in [1.807, 2.05) is 24.3 Å². The number of hydrogen-bond acceptors (Lipinski definition) is 3. The molecule has 8 aromatic carbocycles. The molecule has 0 saturated carbocycles. The maximum absolute atomic E-state index is 5.18. The molecule has 0 bridgehead atoms. The smallest absolute Gasteiger partial charge is 0.160 e. The van der Waals surface area contributed by atoms with Crippen molar-refractivity contribution in [2.24, 2.45) is 0 Å². The minimum Gasteiger partial charge on any atom is -0.333 e. The van der Waals surface area contributed by atoms with Crippen LogP contribution < -0.4 is 4.90 Å². The second-order valence-electron chi connectivity index (χ2n) is 16.2. The van der Waals surface area contributed by atoms with Crippen molar-refractivity contribution in [3.8, 4) is 61.8 Å². The molecule has 62 heavy (non-hydrogen) atoms. The molecule has 4 nitrogen and oxygen atoms in total. The summed E-state index contributed by atoms with van der Waals surface area (Å²) >= 11 is 0. The summed E-state index contributed by atoms with van der Waals surface area (Å²) in [6.07, 6.45) is 9.08. The van der Waals surface area contributed by atoms with E-state index in [1.54, 1.807) is 0 Å². The van der Waals surface area contributed by atoms with Crippen LogP contribution in [0.15, 0.2) is 231 Å². The van der Waals surface area contributed by atoms with Crippen molar-refractivity contribution in [1.29, 1.82) is 0 Å². The van der Waals surface area contributed by atoms with Crippen LogP contribution in [0.5, 0.6) is 0 Å². The van der Waals surface area contributed by atoms with Gasteiger partial charge >= 0.3 is 0 Å². The number of hydrogen-bond donors (Lipinski definition) is 0. The topological polar surface area (TPSA) is 34.0 Å². The molecule has 0 amide bonds. The van der Waals surface area contributed by atoms with Gasteiger partial charge in [0, 0.05) is 50.4 Å². The van der Waals surface area contributed by atoms with Crippen molar-refractivity contribution < 1.29 is 0 Å². The average Bonchev–Trinajstić information content (AvgIpc) is 3.87. The van der Waals surface area contributed by atoms with E-state index in [-0.39, 0.29) is 12.0 Å². The monoisotopic (exact) mass is 792 g/mol. The zero-order chi connectivity index (χ0) is 41.0. The van der Waals surface area contributed by atoms with Gasteiger partial charge in [0.25, 0.3) is 0 Å². The van der Waals surface area contributed by atoms with Gasteiger partial charge in [-0.25, -0.2) is 9.97 Å². The first kappa shape index (κ1) is 35.8. The lowest BCUT2D eigenvalue weighted by Gasteiger charge is -2.28. The van der Waals surface area contributed by atoms with Gasteiger partial charge < -0.3 is 9.47 Å². The van der Waals surface area contributed by atoms with Crippen molar-refractivity contribution in [3.63, 3.8) is 0 Å². The number of anilines is 2. The molecule has 0 radical (unpaired) electrons. The third-order valence-corrected chi connectivity index (χ3v) is 12.5. The first-order chi connectivity index (χ1) is 30.7. The summed E-state index contributed by atoms with van der Waals surface area (Å²) in [5.74, 6) is 0.986. The van der Waals surface area contributed by atoms with Gasteiger partial charge in [-0.15, -0.1) is 0 Å². The summed E-state index contributed by atoms with van der Waals surface area (Å²) in [4.78, 5) is 12.7. The van der Waals surface area contributed by atoms with E-state index in [2.05, 4.69) is 216 Å². The van der Waals surface area contributed by atoms with Crippen molar-refractivity contribution in [1.82, 2.24) is 14.5 Å². The van der Waals surface area contributed by atoms with Crippen LogP contribution in [-0.4, -0.2) is 20.6 Å². The van der Waals surface area contributed by atoms with Gasteiger partial charge in [-0.3, -0.25) is 0 Å². The van der Waals surface area contributed by atoms with Crippen molar-refractivity contribution in [2.45, 2.75) is 12.0 Å². The van der Waals surface area contributed by atoms with Crippen LogP contribution in [0.1, 0.15) is 11.5 Å². The average molecular weight is 793 g/mol. The molecule has 2 unspecified atom stereocenters. The molecule has 4 heteroatoms. The van der Waals surface area contributed by atoms with Crippen LogP contribution >= 0.6 is 0 Å². The van der Waals surface area contributed by atoms with E-state index < -0.39 is 0 Å². The number of para-hydroxylation sites is 1. The highest BCUT2D eigenvalue weighted by Crippen LogP contribution is 2.49. The zero-order valence-electron chi connectivity index (χ0n) is 33.9. The Kier molecular flexibility index (Phi) is 8.60. The minimum atomic E-state index is 0.248. The Morgan fingerprint density at radius 3 is 1.60 bits per heavy atom. The predicted molar refractivity (Wildman–Crippen MR) is 257 cm³/mol. The first-order valence-electron chi connectivity index (χ1n) is 21.3. The molecule has 1 aliphatic carbocycles. The molecule has 2 atom stereocenters. The van der Waals surface area contributed by atoms with Crippen molar-refractivity contribution >= 4 is 33.2 Å². The molecule has 0 spiro atoms. The Bertz CT molecular complexity index is 3290. The molecule has 3 heterocycles. The Hall–Kier alpha value is -8.08. The summed E-state index contributed by atoms with van der Waals surface area (Å²) in [5, 5.41) is 2.43. The fraction of sp³-hybridized carbons (Fsp3) is 0.0345. The number of fused-ring (bicyclic) bond motifs is 6. The van der Waals surface area contributed by atoms with Gasteiger partial charge in [0.15, 0.2) is 5.82 Å². The highest BCUT2D eigenvalue weighted by molar-refractivity contribution is 6.11. The number of rotatable bonds is 7. The van der Waals surface area contributed by atoms with Crippen molar-refractivity contribution in [2.75, 3.05) is 4.90 Å². The minimum absolute atomic E-state index is 0.248. The number of nitrogens with zero attached hydrogens (tertiary/aromatic N) is 4. The standard InChI is InChI=1S/C58H40N4/c1-5-16-39(17-6-1)42-28-31-56-50(35-42)51-37-44(43-29-32-55-49(36-43)48-26-13-14-27-54(48)61(55)46-23-11-4-12-24-46)30-33-57(51)62(56)47-25-15-22-45(34-47)53-38-52(40-18-7-2-8-19-40)59-58(60-53)41-20-9-3-10-21-41/h1-38,48,54H. The van der Waals surface area contributed by atoms with Crippen LogP contribution in [-0.2, 0) is 0 Å². The van der Waals surface area contributed by atoms with Crippen LogP contribution in [0.4, 0.5) is 11.4 Å². The fourth-order valence-electron chi connectivity index (χ4n) is 9.57. The zero-order valence-corrected chi connectivity index (χ0v) is 33.9. The molecule has 0 saturated heterocycles. The van der Waals surface area contributed by atoms with Gasteiger partial charge in [0.2, 0.25) is 0 Å². The lowest BCUT2D eigenvalue weighted by Crippen LogP contribution is -2.28. The van der Waals surface area contributed by atoms with Crippen molar-refractivity contribution in [3.05, 3.63) is 236 Å². The summed E-state index contributed by atoms with van der Waals surface area (Å²) in [7, 11) is 0. The van der Waals surface area contributed by atoms with Gasteiger partial charge in [-0.05, 0) is 94.5 Å². The van der Waals surface area contributed by atoms with E-state index in [9.17, 15) is 0 Å². The molecule has 0 fully saturated rings. The highest BCUT2D eigenvalue weighted by Gasteiger charge is 2.37. The number of benzene rings is 8. The van der Waals surface area contributed by atoms with Crippen LogP contribution in [0.25, 0.3) is 83.6 Å². The van der Waals surface area contributed by atoms with E-state index in [0.717, 1.165) is 44.8 Å². The SMILES string of the molecule is C1=CC2c3cc(-c4ccc5c(c4)c4cc(-c6ccccc6)ccc4n5-c4cccc(-c5cc(-c6ccccc6)nc(-c6ccccc6)n5)c4)ccc3N(c3ccccc3)C2C=C1. The van der Waals surface area contributed by atoms with Crippen LogP contribution in [0, 0.1) is 0 Å². The fourth-order valence-corrected chi connectivity index (χ4v) is 9.57. The van der Waals surface area contributed by atoms with E-state index in [0.29, 0.717) is 5.82 Å². The van der Waals surface area contributed by atoms with Gasteiger partial charge in [0.1, 0.15) is 0 Å². The molecule has 2 aliphatic rings. The Morgan fingerprint density at radius 2 is 0.903 bits per heavy atom. The molecule has 10 aromatic rings. The second-order valence-corrected chi connectivity index (χ2v) is 16.2. The van der Waals surface area contributed by atoms with Gasteiger partial charge in [0.05, 0.1) is 28.5 Å². The highest BCUT2D eigenvalue weighted by atomic mass is 15.2. The van der Waals surface area contributed by atoms with E-state index in [1.165, 1.54) is 50.0 Å². The lowest BCUT2D eigenvalue weighted by atomic mass is 9.89. The lowest BCUT2D eigenvalue weighted by molar-refractivity contribution is 0.745. The quantitative estimate of drug-likeness (QED) is 0.161. The largest absolute Gasteiger partial charge is 0.333 e. The first-order valence-corrected chi connectivity index (χ1v) is 21.3. The van der Waals surface area contributed by atoms with Gasteiger partial charge in [-0.1, -0.05) is 164 Å². The molecule has 292 valence electrons. The third kappa shape index (κ3) is 6.15. The number of allylic oxidation sites excluding steroid dienone is 2. The van der Waals surface area contributed by atoms with E-state index >= 15 is 0 Å². The Labute approximate surface area is 361 Å². The summed E-state index contributed by atoms with van der Waals surface area (Å²) in [5.41, 5.74) is 16.9. The maximum atomic E-state index is 5.18. The van der Waals surface area contributed by atoms with E-state index in [4.69, 9.17) is 9.97 Å². The Balaban J connectivity index is 1.01. The summed E-state index contributed by atoms with van der Waals surface area (Å²) < 4.78 is 2.41. The second kappa shape index (κ2) is 14.9. The van der Waals surface area contributed by atoms with Crippen LogP contribution in [0.3, 0.4) is 0 Å². The molecule has 0 N–H and O–H groups in total. The predicted octanol–water partition coefficient (Wildman–Crippen LogP) is 14.6. The molecule has 1 aliphatic heterocycles. The number of aromatic nitrogens is 3. The summed E-state index contributed by atoms with van der Waals surface area (Å²) in [6, 6.07) is 74.2. The normalized spacial score (nSPS) is 15.3. The molecule has 2 aromatic heterocycles. The third-order valence-electron chi connectivity index (χ3n) is 12.5. The maximum Gasteiger partial charge on any atom is 0.160 e. The summed E-state index contributed by atoms with van der Waals surface area (Å²) in [6.45, 7) is 0. The van der Waals surface area contributed by atoms with Crippen LogP contribution in [0.2, 0.25) is 0 Å². The molecular weight excluding hydrogens is 753 g/mol. The van der Waals surface area contributed by atoms with Gasteiger partial charge in [-0.2, -0.15) is 0 Å². The molecular formula is C58H40N4. The Morgan fingerprint density at radius 1 is 0.371 bits per heavy atom.